The van der Waals surface area contributed by atoms with Gasteiger partial charge in [-0.05, 0) is 19.4 Å². The van der Waals surface area contributed by atoms with E-state index in [1.807, 2.05) is 39.1 Å². The van der Waals surface area contributed by atoms with Gasteiger partial charge in [-0.2, -0.15) is 5.10 Å². The van der Waals surface area contributed by atoms with Gasteiger partial charge >= 0.3 is 0 Å². The second kappa shape index (κ2) is 5.76. The molecule has 0 spiro atoms. The fourth-order valence-electron chi connectivity index (χ4n) is 2.10. The summed E-state index contributed by atoms with van der Waals surface area (Å²) in [5.41, 5.74) is 3.54. The molecule has 0 aliphatic carbocycles. The van der Waals surface area contributed by atoms with Crippen LogP contribution in [0.5, 0.6) is 0 Å². The molecular weight excluding hydrogens is 274 g/mol. The molecule has 1 heterocycles. The molecule has 108 valence electrons. The highest BCUT2D eigenvalue weighted by Crippen LogP contribution is 2.12. The van der Waals surface area contributed by atoms with E-state index in [9.17, 15) is 8.42 Å². The third-order valence-corrected chi connectivity index (χ3v) is 4.62. The zero-order chi connectivity index (χ0) is 14.8. The Morgan fingerprint density at radius 2 is 1.85 bits per heavy atom. The summed E-state index contributed by atoms with van der Waals surface area (Å²) >= 11 is 0. The standard InChI is InChI=1S/C14H19N3O2S/c1-11-14(12(2)17(3)16-11)9-15-20(18,19)10-13-7-5-4-6-8-13/h4-8,15H,9-10H2,1-3H3. The van der Waals surface area contributed by atoms with Gasteiger partial charge in [0, 0.05) is 24.8 Å². The van der Waals surface area contributed by atoms with Crippen LogP contribution in [0.2, 0.25) is 0 Å². The molecule has 1 aromatic heterocycles. The number of benzene rings is 1. The van der Waals surface area contributed by atoms with Gasteiger partial charge in [0.1, 0.15) is 0 Å². The van der Waals surface area contributed by atoms with E-state index in [1.165, 1.54) is 0 Å². The van der Waals surface area contributed by atoms with Gasteiger partial charge in [-0.3, -0.25) is 4.68 Å². The molecule has 5 nitrogen and oxygen atoms in total. The lowest BCUT2D eigenvalue weighted by Gasteiger charge is -2.07. The number of nitrogens with one attached hydrogen (secondary N) is 1. The maximum atomic E-state index is 12.1. The Hall–Kier alpha value is -1.66. The van der Waals surface area contributed by atoms with E-state index in [4.69, 9.17) is 0 Å². The second-order valence-corrected chi connectivity index (χ2v) is 6.65. The summed E-state index contributed by atoms with van der Waals surface area (Å²) in [5, 5.41) is 4.28. The molecule has 2 aromatic rings. The third kappa shape index (κ3) is 3.46. The number of hydrogen-bond acceptors (Lipinski definition) is 3. The van der Waals surface area contributed by atoms with E-state index < -0.39 is 10.0 Å². The summed E-state index contributed by atoms with van der Waals surface area (Å²) in [6.45, 7) is 4.09. The quantitative estimate of drug-likeness (QED) is 0.912. The smallest absolute Gasteiger partial charge is 0.216 e. The normalized spacial score (nSPS) is 11.8. The van der Waals surface area contributed by atoms with E-state index in [2.05, 4.69) is 9.82 Å². The lowest BCUT2D eigenvalue weighted by atomic mass is 10.2. The summed E-state index contributed by atoms with van der Waals surface area (Å²) in [7, 11) is -1.49. The molecule has 1 N–H and O–H groups in total. The van der Waals surface area contributed by atoms with E-state index >= 15 is 0 Å². The molecular formula is C14H19N3O2S. The van der Waals surface area contributed by atoms with Crippen LogP contribution < -0.4 is 4.72 Å². The van der Waals surface area contributed by atoms with Crippen LogP contribution in [-0.4, -0.2) is 18.2 Å². The summed E-state index contributed by atoms with van der Waals surface area (Å²) in [6.07, 6.45) is 0. The lowest BCUT2D eigenvalue weighted by molar-refractivity contribution is 0.580. The first-order chi connectivity index (χ1) is 9.39. The van der Waals surface area contributed by atoms with Crippen molar-refractivity contribution in [2.24, 2.45) is 7.05 Å². The number of nitrogens with zero attached hydrogens (tertiary/aromatic N) is 2. The monoisotopic (exact) mass is 293 g/mol. The molecule has 0 saturated carbocycles. The summed E-state index contributed by atoms with van der Waals surface area (Å²) < 4.78 is 28.5. The van der Waals surface area contributed by atoms with Crippen molar-refractivity contribution in [3.05, 3.63) is 52.8 Å². The Morgan fingerprint density at radius 1 is 1.20 bits per heavy atom. The minimum Gasteiger partial charge on any atom is -0.272 e. The molecule has 1 aromatic carbocycles. The molecule has 0 saturated heterocycles. The molecule has 0 unspecified atom stereocenters. The highest BCUT2D eigenvalue weighted by Gasteiger charge is 2.15. The van der Waals surface area contributed by atoms with Crippen LogP contribution in [0.1, 0.15) is 22.5 Å². The molecule has 0 bridgehead atoms. The Kier molecular flexibility index (Phi) is 4.25. The highest BCUT2D eigenvalue weighted by molar-refractivity contribution is 7.88. The van der Waals surface area contributed by atoms with E-state index in [1.54, 1.807) is 16.8 Å². The van der Waals surface area contributed by atoms with Crippen LogP contribution in [0.4, 0.5) is 0 Å². The Morgan fingerprint density at radius 3 is 2.40 bits per heavy atom. The summed E-state index contributed by atoms with van der Waals surface area (Å²) in [6, 6.07) is 9.14. The zero-order valence-electron chi connectivity index (χ0n) is 11.9. The maximum absolute atomic E-state index is 12.1. The second-order valence-electron chi connectivity index (χ2n) is 4.84. The molecule has 0 aliphatic rings. The molecule has 0 atom stereocenters. The number of aromatic nitrogens is 2. The molecule has 20 heavy (non-hydrogen) atoms. The minimum atomic E-state index is -3.34. The number of sulfonamides is 1. The van der Waals surface area contributed by atoms with Crippen molar-refractivity contribution in [2.75, 3.05) is 0 Å². The van der Waals surface area contributed by atoms with Crippen molar-refractivity contribution in [2.45, 2.75) is 26.1 Å². The van der Waals surface area contributed by atoms with Crippen molar-refractivity contribution < 1.29 is 8.42 Å². The van der Waals surface area contributed by atoms with Crippen molar-refractivity contribution >= 4 is 10.0 Å². The van der Waals surface area contributed by atoms with Crippen LogP contribution in [0, 0.1) is 13.8 Å². The lowest BCUT2D eigenvalue weighted by Crippen LogP contribution is -2.25. The first kappa shape index (κ1) is 14.7. The average molecular weight is 293 g/mol. The van der Waals surface area contributed by atoms with Crippen LogP contribution in [0.25, 0.3) is 0 Å². The fraction of sp³-hybridized carbons (Fsp3) is 0.357. The number of aryl methyl sites for hydroxylation is 2. The Balaban J connectivity index is 2.06. The van der Waals surface area contributed by atoms with Gasteiger partial charge < -0.3 is 0 Å². The number of rotatable bonds is 5. The van der Waals surface area contributed by atoms with Crippen molar-refractivity contribution in [1.29, 1.82) is 0 Å². The van der Waals surface area contributed by atoms with Gasteiger partial charge in [-0.25, -0.2) is 13.1 Å². The number of hydrogen-bond donors (Lipinski definition) is 1. The first-order valence-corrected chi connectivity index (χ1v) is 8.04. The predicted molar refractivity (Wildman–Crippen MR) is 78.6 cm³/mol. The fourth-order valence-corrected chi connectivity index (χ4v) is 3.20. The predicted octanol–water partition coefficient (Wildman–Crippen LogP) is 1.66. The van der Waals surface area contributed by atoms with Gasteiger partial charge in [-0.1, -0.05) is 30.3 Å². The molecule has 0 aliphatic heterocycles. The first-order valence-electron chi connectivity index (χ1n) is 6.39. The summed E-state index contributed by atoms with van der Waals surface area (Å²) in [5.74, 6) is -0.00774. The van der Waals surface area contributed by atoms with E-state index in [0.29, 0.717) is 0 Å². The summed E-state index contributed by atoms with van der Waals surface area (Å²) in [4.78, 5) is 0. The van der Waals surface area contributed by atoms with Crippen molar-refractivity contribution in [3.8, 4) is 0 Å². The zero-order valence-corrected chi connectivity index (χ0v) is 12.7. The van der Waals surface area contributed by atoms with Gasteiger partial charge in [-0.15, -0.1) is 0 Å². The van der Waals surface area contributed by atoms with Crippen LogP contribution in [0.15, 0.2) is 30.3 Å². The molecule has 2 rings (SSSR count). The van der Waals surface area contributed by atoms with Gasteiger partial charge in [0.15, 0.2) is 0 Å². The van der Waals surface area contributed by atoms with Crippen LogP contribution >= 0.6 is 0 Å². The Bertz CT molecular complexity index is 691. The molecule has 0 fully saturated rings. The van der Waals surface area contributed by atoms with Gasteiger partial charge in [0.25, 0.3) is 0 Å². The maximum Gasteiger partial charge on any atom is 0.216 e. The SMILES string of the molecule is Cc1nn(C)c(C)c1CNS(=O)(=O)Cc1ccccc1. The average Bonchev–Trinajstić information content (AvgIpc) is 2.62. The van der Waals surface area contributed by atoms with Crippen LogP contribution in [0.3, 0.4) is 0 Å². The topological polar surface area (TPSA) is 64.0 Å². The molecule has 0 amide bonds. The third-order valence-electron chi connectivity index (χ3n) is 3.33. The molecule has 6 heteroatoms. The van der Waals surface area contributed by atoms with Crippen LogP contribution in [-0.2, 0) is 29.4 Å². The largest absolute Gasteiger partial charge is 0.272 e. The van der Waals surface area contributed by atoms with Crippen molar-refractivity contribution in [1.82, 2.24) is 14.5 Å². The van der Waals surface area contributed by atoms with E-state index in [0.717, 1.165) is 22.5 Å². The van der Waals surface area contributed by atoms with Crippen molar-refractivity contribution in [3.63, 3.8) is 0 Å². The molecule has 0 radical (unpaired) electrons. The highest BCUT2D eigenvalue weighted by atomic mass is 32.2. The van der Waals surface area contributed by atoms with Gasteiger partial charge in [0.2, 0.25) is 10.0 Å². The van der Waals surface area contributed by atoms with Gasteiger partial charge in [0.05, 0.1) is 11.4 Å². The van der Waals surface area contributed by atoms with E-state index in [-0.39, 0.29) is 12.3 Å². The Labute approximate surface area is 119 Å². The minimum absolute atomic E-state index is 0.00774.